The number of hydrogen-bond donors (Lipinski definition) is 2. The van der Waals surface area contributed by atoms with Crippen LogP contribution in [0.2, 0.25) is 0 Å². The third-order valence-electron chi connectivity index (χ3n) is 3.03. The van der Waals surface area contributed by atoms with Crippen LogP contribution in [0.4, 0.5) is 5.69 Å². The second-order valence-corrected chi connectivity index (χ2v) is 4.56. The molecule has 0 bridgehead atoms. The molecule has 106 valence electrons. The zero-order chi connectivity index (χ0) is 14.4. The topological polar surface area (TPSA) is 61.8 Å². The molecule has 1 atom stereocenters. The maximum atomic E-state index is 12.1. The monoisotopic (exact) mass is 266 g/mol. The van der Waals surface area contributed by atoms with Crippen molar-refractivity contribution in [3.63, 3.8) is 0 Å². The number of likely N-dealkylation sites (N-methyl/N-ethyl adjacent to an activating group) is 1. The van der Waals surface area contributed by atoms with E-state index in [-0.39, 0.29) is 18.6 Å². The number of nitrogens with zero attached hydrogens (tertiary/aromatic N) is 1. The number of aliphatic hydroxyl groups is 1. The molecule has 0 aliphatic heterocycles. The predicted octanol–water partition coefficient (Wildman–Crippen LogP) is 1.47. The zero-order valence-electron chi connectivity index (χ0n) is 11.9. The van der Waals surface area contributed by atoms with Crippen molar-refractivity contribution in [2.24, 2.45) is 0 Å². The van der Waals surface area contributed by atoms with Gasteiger partial charge in [-0.1, -0.05) is 6.92 Å². The Labute approximate surface area is 114 Å². The number of amides is 1. The minimum absolute atomic E-state index is 0.0541. The van der Waals surface area contributed by atoms with Crippen LogP contribution in [0.5, 0.6) is 5.75 Å². The molecule has 5 nitrogen and oxygen atoms in total. The SMILES string of the molecule is CC[C@H](C(=O)Nc1ccc(OC)c(CO)c1)N(C)C. The molecule has 0 fully saturated rings. The Morgan fingerprint density at radius 2 is 2.16 bits per heavy atom. The highest BCUT2D eigenvalue weighted by Gasteiger charge is 2.18. The summed E-state index contributed by atoms with van der Waals surface area (Å²) < 4.78 is 5.12. The highest BCUT2D eigenvalue weighted by molar-refractivity contribution is 5.94. The first kappa shape index (κ1) is 15.5. The highest BCUT2D eigenvalue weighted by Crippen LogP contribution is 2.22. The number of nitrogens with one attached hydrogen (secondary N) is 1. The Morgan fingerprint density at radius 3 is 2.63 bits per heavy atom. The number of methoxy groups -OCH3 is 1. The molecule has 0 unspecified atom stereocenters. The molecule has 0 heterocycles. The van der Waals surface area contributed by atoms with E-state index in [9.17, 15) is 9.90 Å². The Balaban J connectivity index is 2.85. The van der Waals surface area contributed by atoms with Gasteiger partial charge in [0.05, 0.1) is 19.8 Å². The summed E-state index contributed by atoms with van der Waals surface area (Å²) in [7, 11) is 5.30. The molecule has 1 rings (SSSR count). The van der Waals surface area contributed by atoms with Gasteiger partial charge in [-0.05, 0) is 38.7 Å². The van der Waals surface area contributed by atoms with Gasteiger partial charge in [-0.3, -0.25) is 9.69 Å². The molecule has 0 aliphatic rings. The number of anilines is 1. The first-order chi connectivity index (χ1) is 9.03. The smallest absolute Gasteiger partial charge is 0.241 e. The molecular weight excluding hydrogens is 244 g/mol. The Bertz CT molecular complexity index is 433. The third kappa shape index (κ3) is 3.94. The first-order valence-electron chi connectivity index (χ1n) is 6.28. The van der Waals surface area contributed by atoms with Crippen LogP contribution in [-0.4, -0.2) is 43.2 Å². The molecule has 1 aromatic rings. The van der Waals surface area contributed by atoms with Gasteiger partial charge in [0.2, 0.25) is 5.91 Å². The van der Waals surface area contributed by atoms with Gasteiger partial charge in [-0.25, -0.2) is 0 Å². The summed E-state index contributed by atoms with van der Waals surface area (Å²) in [6.45, 7) is 1.84. The molecular formula is C14H22N2O3. The first-order valence-corrected chi connectivity index (χ1v) is 6.28. The van der Waals surface area contributed by atoms with Gasteiger partial charge in [-0.2, -0.15) is 0 Å². The lowest BCUT2D eigenvalue weighted by Gasteiger charge is -2.22. The molecule has 0 aliphatic carbocycles. The van der Waals surface area contributed by atoms with Crippen LogP contribution in [-0.2, 0) is 11.4 Å². The van der Waals surface area contributed by atoms with E-state index < -0.39 is 0 Å². The molecule has 2 N–H and O–H groups in total. The van der Waals surface area contributed by atoms with Crippen LogP contribution in [0.3, 0.4) is 0 Å². The number of rotatable bonds is 6. The Kier molecular flexibility index (Phi) is 5.79. The summed E-state index contributed by atoms with van der Waals surface area (Å²) in [4.78, 5) is 14.0. The lowest BCUT2D eigenvalue weighted by molar-refractivity contribution is -0.120. The molecule has 0 aromatic heterocycles. The average Bonchev–Trinajstić information content (AvgIpc) is 2.38. The van der Waals surface area contributed by atoms with Crippen LogP contribution < -0.4 is 10.1 Å². The average molecular weight is 266 g/mol. The van der Waals surface area contributed by atoms with E-state index in [2.05, 4.69) is 5.32 Å². The fraction of sp³-hybridized carbons (Fsp3) is 0.500. The van der Waals surface area contributed by atoms with Gasteiger partial charge in [0.15, 0.2) is 0 Å². The second-order valence-electron chi connectivity index (χ2n) is 4.56. The molecule has 0 spiro atoms. The van der Waals surface area contributed by atoms with Crippen LogP contribution >= 0.6 is 0 Å². The van der Waals surface area contributed by atoms with Crippen molar-refractivity contribution in [3.8, 4) is 5.75 Å². The molecule has 0 saturated carbocycles. The second kappa shape index (κ2) is 7.11. The summed E-state index contributed by atoms with van der Waals surface area (Å²) >= 11 is 0. The van der Waals surface area contributed by atoms with E-state index in [4.69, 9.17) is 4.74 Å². The van der Waals surface area contributed by atoms with E-state index in [1.165, 1.54) is 0 Å². The summed E-state index contributed by atoms with van der Waals surface area (Å²) in [5.41, 5.74) is 1.31. The number of aliphatic hydroxyl groups excluding tert-OH is 1. The predicted molar refractivity (Wildman–Crippen MR) is 75.3 cm³/mol. The lowest BCUT2D eigenvalue weighted by atomic mass is 10.1. The lowest BCUT2D eigenvalue weighted by Crippen LogP contribution is -2.39. The molecule has 0 saturated heterocycles. The summed E-state index contributed by atoms with van der Waals surface area (Å²) in [6.07, 6.45) is 0.738. The normalized spacial score (nSPS) is 12.3. The molecule has 0 radical (unpaired) electrons. The van der Waals surface area contributed by atoms with Crippen molar-refractivity contribution in [2.45, 2.75) is 26.0 Å². The zero-order valence-corrected chi connectivity index (χ0v) is 11.9. The maximum absolute atomic E-state index is 12.1. The summed E-state index contributed by atoms with van der Waals surface area (Å²) in [5.74, 6) is 0.557. The molecule has 19 heavy (non-hydrogen) atoms. The van der Waals surface area contributed by atoms with Crippen LogP contribution in [0.15, 0.2) is 18.2 Å². The van der Waals surface area contributed by atoms with Gasteiger partial charge in [0.25, 0.3) is 0 Å². The summed E-state index contributed by atoms with van der Waals surface area (Å²) in [5, 5.41) is 12.1. The largest absolute Gasteiger partial charge is 0.496 e. The number of carbonyl (C=O) groups excluding carboxylic acids is 1. The number of benzene rings is 1. The van der Waals surface area contributed by atoms with E-state index in [0.29, 0.717) is 17.0 Å². The van der Waals surface area contributed by atoms with Gasteiger partial charge in [0.1, 0.15) is 5.75 Å². The fourth-order valence-corrected chi connectivity index (χ4v) is 1.99. The van der Waals surface area contributed by atoms with Gasteiger partial charge in [0, 0.05) is 11.3 Å². The number of carbonyl (C=O) groups is 1. The maximum Gasteiger partial charge on any atom is 0.241 e. The van der Waals surface area contributed by atoms with Crippen molar-refractivity contribution >= 4 is 11.6 Å². The van der Waals surface area contributed by atoms with Crippen LogP contribution in [0, 0.1) is 0 Å². The minimum Gasteiger partial charge on any atom is -0.496 e. The van der Waals surface area contributed by atoms with E-state index in [1.807, 2.05) is 25.9 Å². The quantitative estimate of drug-likeness (QED) is 0.818. The van der Waals surface area contributed by atoms with Crippen molar-refractivity contribution in [1.82, 2.24) is 4.90 Å². The summed E-state index contributed by atoms with van der Waals surface area (Å²) in [6, 6.07) is 5.05. The van der Waals surface area contributed by atoms with Gasteiger partial charge < -0.3 is 15.2 Å². The van der Waals surface area contributed by atoms with E-state index in [1.54, 1.807) is 25.3 Å². The minimum atomic E-state index is -0.167. The standard InChI is InChI=1S/C14H22N2O3/c1-5-12(16(2)3)14(18)15-11-6-7-13(19-4)10(8-11)9-17/h6-8,12,17H,5,9H2,1-4H3,(H,15,18)/t12-/m1/s1. The number of ether oxygens (including phenoxy) is 1. The molecule has 1 aromatic carbocycles. The highest BCUT2D eigenvalue weighted by atomic mass is 16.5. The molecule has 5 heteroatoms. The Hall–Kier alpha value is -1.59. The van der Waals surface area contributed by atoms with Crippen molar-refractivity contribution in [2.75, 3.05) is 26.5 Å². The number of hydrogen-bond acceptors (Lipinski definition) is 4. The van der Waals surface area contributed by atoms with Crippen molar-refractivity contribution in [1.29, 1.82) is 0 Å². The van der Waals surface area contributed by atoms with Crippen molar-refractivity contribution < 1.29 is 14.6 Å². The molecule has 1 amide bonds. The van der Waals surface area contributed by atoms with E-state index in [0.717, 1.165) is 6.42 Å². The van der Waals surface area contributed by atoms with Crippen molar-refractivity contribution in [3.05, 3.63) is 23.8 Å². The van der Waals surface area contributed by atoms with E-state index >= 15 is 0 Å². The van der Waals surface area contributed by atoms with Crippen LogP contribution in [0.25, 0.3) is 0 Å². The Morgan fingerprint density at radius 1 is 1.47 bits per heavy atom. The van der Waals surface area contributed by atoms with Gasteiger partial charge >= 0.3 is 0 Å². The van der Waals surface area contributed by atoms with Gasteiger partial charge in [-0.15, -0.1) is 0 Å². The third-order valence-corrected chi connectivity index (χ3v) is 3.03. The fourth-order valence-electron chi connectivity index (χ4n) is 1.99. The van der Waals surface area contributed by atoms with Crippen LogP contribution in [0.1, 0.15) is 18.9 Å².